The third-order valence-corrected chi connectivity index (χ3v) is 5.81. The summed E-state index contributed by atoms with van der Waals surface area (Å²) in [5.41, 5.74) is 0. The van der Waals surface area contributed by atoms with Crippen molar-refractivity contribution in [2.24, 2.45) is 4.99 Å². The monoisotopic (exact) mass is 454 g/mol. The molecule has 1 fully saturated rings. The minimum absolute atomic E-state index is 0. The summed E-state index contributed by atoms with van der Waals surface area (Å²) in [6.45, 7) is 5.08. The molecule has 1 aromatic heterocycles. The van der Waals surface area contributed by atoms with Crippen LogP contribution in [0, 0.1) is 6.92 Å². The van der Waals surface area contributed by atoms with E-state index >= 15 is 0 Å². The van der Waals surface area contributed by atoms with E-state index in [9.17, 15) is 0 Å². The van der Waals surface area contributed by atoms with Gasteiger partial charge in [-0.05, 0) is 31.9 Å². The van der Waals surface area contributed by atoms with Gasteiger partial charge in [-0.3, -0.25) is 4.99 Å². The Morgan fingerprint density at radius 1 is 1.50 bits per heavy atom. The number of aliphatic imine (C=N–C) groups is 1. The highest BCUT2D eigenvalue weighted by atomic mass is 127. The lowest BCUT2D eigenvalue weighted by molar-refractivity contribution is 0.419. The second-order valence-corrected chi connectivity index (χ2v) is 8.27. The van der Waals surface area contributed by atoms with Gasteiger partial charge in [-0.25, -0.2) is 4.98 Å². The van der Waals surface area contributed by atoms with Gasteiger partial charge < -0.3 is 10.6 Å². The number of hydrogen-bond acceptors (Lipinski definition) is 4. The lowest BCUT2D eigenvalue weighted by Gasteiger charge is -2.30. The molecule has 0 amide bonds. The highest BCUT2D eigenvalue weighted by Crippen LogP contribution is 2.28. The van der Waals surface area contributed by atoms with Gasteiger partial charge >= 0.3 is 0 Å². The van der Waals surface area contributed by atoms with Crippen LogP contribution in [0.2, 0.25) is 0 Å². The first-order chi connectivity index (χ1) is 10.2. The number of aromatic nitrogens is 1. The van der Waals surface area contributed by atoms with Crippen molar-refractivity contribution in [2.75, 3.05) is 12.8 Å². The van der Waals surface area contributed by atoms with Gasteiger partial charge in [0.1, 0.15) is 5.01 Å². The molecule has 2 unspecified atom stereocenters. The molecule has 2 atom stereocenters. The molecule has 0 radical (unpaired) electrons. The van der Waals surface area contributed by atoms with E-state index in [2.05, 4.69) is 46.2 Å². The molecule has 0 saturated heterocycles. The lowest BCUT2D eigenvalue weighted by atomic mass is 9.95. The Labute approximate surface area is 159 Å². The molecular weight excluding hydrogens is 427 g/mol. The van der Waals surface area contributed by atoms with Gasteiger partial charge in [-0.1, -0.05) is 13.3 Å². The van der Waals surface area contributed by atoms with Crippen molar-refractivity contribution in [2.45, 2.75) is 57.4 Å². The molecule has 1 aliphatic carbocycles. The normalized spacial score (nSPS) is 22.0. The summed E-state index contributed by atoms with van der Waals surface area (Å²) in [4.78, 5) is 9.97. The first kappa shape index (κ1) is 20.0. The van der Waals surface area contributed by atoms with Crippen LogP contribution in [0.3, 0.4) is 0 Å². The van der Waals surface area contributed by atoms with Crippen LogP contribution in [0.15, 0.2) is 11.2 Å². The van der Waals surface area contributed by atoms with Gasteiger partial charge in [0, 0.05) is 29.4 Å². The molecule has 2 rings (SSSR count). The van der Waals surface area contributed by atoms with E-state index in [1.54, 1.807) is 11.3 Å². The van der Waals surface area contributed by atoms with Gasteiger partial charge in [0.2, 0.25) is 0 Å². The Morgan fingerprint density at radius 2 is 2.32 bits per heavy atom. The SMILES string of the molecule is CCSC1CCCC(NC(=NC)NCc2ncc(C)s2)C1.I. The predicted molar refractivity (Wildman–Crippen MR) is 110 cm³/mol. The van der Waals surface area contributed by atoms with Crippen molar-refractivity contribution in [1.29, 1.82) is 0 Å². The minimum Gasteiger partial charge on any atom is -0.354 e. The number of hydrogen-bond donors (Lipinski definition) is 2. The maximum atomic E-state index is 4.38. The van der Waals surface area contributed by atoms with Crippen LogP contribution in [0.4, 0.5) is 0 Å². The molecule has 0 aliphatic heterocycles. The van der Waals surface area contributed by atoms with Crippen LogP contribution < -0.4 is 10.6 Å². The number of nitrogens with zero attached hydrogens (tertiary/aromatic N) is 2. The second kappa shape index (κ2) is 10.7. The van der Waals surface area contributed by atoms with Crippen molar-refractivity contribution in [3.63, 3.8) is 0 Å². The highest BCUT2D eigenvalue weighted by molar-refractivity contribution is 14.0. The Bertz CT molecular complexity index is 462. The molecule has 0 aromatic carbocycles. The smallest absolute Gasteiger partial charge is 0.191 e. The summed E-state index contributed by atoms with van der Waals surface area (Å²) in [6, 6.07) is 0.548. The van der Waals surface area contributed by atoms with E-state index in [0.29, 0.717) is 6.04 Å². The molecule has 22 heavy (non-hydrogen) atoms. The standard InChI is InChI=1S/C15H26N4S2.HI/c1-4-20-13-7-5-6-12(8-13)19-15(16-3)18-10-14-17-9-11(2)21-14;/h9,12-13H,4-8,10H2,1-3H3,(H2,16,18,19);1H. The van der Waals surface area contributed by atoms with Crippen LogP contribution >= 0.6 is 47.1 Å². The van der Waals surface area contributed by atoms with E-state index in [-0.39, 0.29) is 24.0 Å². The van der Waals surface area contributed by atoms with Gasteiger partial charge in [0.05, 0.1) is 6.54 Å². The van der Waals surface area contributed by atoms with Crippen LogP contribution in [0.1, 0.15) is 42.5 Å². The molecule has 1 heterocycles. The van der Waals surface area contributed by atoms with Crippen molar-refractivity contribution in [1.82, 2.24) is 15.6 Å². The first-order valence-electron chi connectivity index (χ1n) is 7.71. The zero-order valence-corrected chi connectivity index (χ0v) is 17.6. The van der Waals surface area contributed by atoms with Crippen molar-refractivity contribution in [3.8, 4) is 0 Å². The third kappa shape index (κ3) is 6.62. The molecule has 1 saturated carbocycles. The van der Waals surface area contributed by atoms with Crippen LogP contribution in [0.25, 0.3) is 0 Å². The molecule has 1 aromatic rings. The first-order valence-corrected chi connectivity index (χ1v) is 9.58. The summed E-state index contributed by atoms with van der Waals surface area (Å²) < 4.78 is 0. The third-order valence-electron chi connectivity index (χ3n) is 3.67. The molecule has 7 heteroatoms. The average molecular weight is 454 g/mol. The fourth-order valence-electron chi connectivity index (χ4n) is 2.69. The Hall–Kier alpha value is -0.0200. The minimum atomic E-state index is 0. The summed E-state index contributed by atoms with van der Waals surface area (Å²) in [5, 5.41) is 8.86. The van der Waals surface area contributed by atoms with E-state index in [0.717, 1.165) is 22.8 Å². The number of rotatable bonds is 5. The summed E-state index contributed by atoms with van der Waals surface area (Å²) >= 11 is 3.83. The molecule has 126 valence electrons. The van der Waals surface area contributed by atoms with Gasteiger partial charge in [-0.15, -0.1) is 35.3 Å². The fraction of sp³-hybridized carbons (Fsp3) is 0.733. The van der Waals surface area contributed by atoms with E-state index in [1.807, 2.05) is 13.2 Å². The number of halogens is 1. The summed E-state index contributed by atoms with van der Waals surface area (Å²) in [7, 11) is 1.84. The van der Waals surface area contributed by atoms with Crippen LogP contribution in [-0.2, 0) is 6.54 Å². The molecule has 1 aliphatic rings. The summed E-state index contributed by atoms with van der Waals surface area (Å²) in [5.74, 6) is 2.11. The van der Waals surface area contributed by atoms with E-state index < -0.39 is 0 Å². The molecule has 0 bridgehead atoms. The largest absolute Gasteiger partial charge is 0.354 e. The quantitative estimate of drug-likeness (QED) is 0.404. The van der Waals surface area contributed by atoms with Gasteiger partial charge in [-0.2, -0.15) is 11.8 Å². The highest BCUT2D eigenvalue weighted by Gasteiger charge is 2.22. The van der Waals surface area contributed by atoms with Crippen molar-refractivity contribution < 1.29 is 0 Å². The molecule has 2 N–H and O–H groups in total. The van der Waals surface area contributed by atoms with Crippen molar-refractivity contribution >= 4 is 53.0 Å². The zero-order valence-electron chi connectivity index (χ0n) is 13.6. The Morgan fingerprint density at radius 3 is 2.95 bits per heavy atom. The number of guanidine groups is 1. The maximum Gasteiger partial charge on any atom is 0.191 e. The maximum absolute atomic E-state index is 4.38. The average Bonchev–Trinajstić information content (AvgIpc) is 2.90. The zero-order chi connectivity index (χ0) is 15.1. The lowest BCUT2D eigenvalue weighted by Crippen LogP contribution is -2.45. The topological polar surface area (TPSA) is 49.3 Å². The van der Waals surface area contributed by atoms with Crippen LogP contribution in [0.5, 0.6) is 0 Å². The molecule has 4 nitrogen and oxygen atoms in total. The number of thioether (sulfide) groups is 1. The number of thiazole rings is 1. The van der Waals surface area contributed by atoms with Gasteiger partial charge in [0.15, 0.2) is 5.96 Å². The second-order valence-electron chi connectivity index (χ2n) is 5.38. The fourth-order valence-corrected chi connectivity index (χ4v) is 4.59. The Kier molecular flexibility index (Phi) is 9.74. The van der Waals surface area contributed by atoms with Crippen LogP contribution in [-0.4, -0.2) is 35.0 Å². The Balaban J connectivity index is 0.00000242. The number of aryl methyl sites for hydroxylation is 1. The predicted octanol–water partition coefficient (Wildman–Crippen LogP) is 3.80. The number of nitrogens with one attached hydrogen (secondary N) is 2. The van der Waals surface area contributed by atoms with Gasteiger partial charge in [0.25, 0.3) is 0 Å². The van der Waals surface area contributed by atoms with E-state index in [1.165, 1.54) is 36.3 Å². The molecule has 0 spiro atoms. The summed E-state index contributed by atoms with van der Waals surface area (Å²) in [6.07, 6.45) is 7.10. The van der Waals surface area contributed by atoms with Crippen molar-refractivity contribution in [3.05, 3.63) is 16.1 Å². The van der Waals surface area contributed by atoms with E-state index in [4.69, 9.17) is 0 Å². The molecular formula is C15H27IN4S2.